The molecule has 20 heavy (non-hydrogen) atoms. The molecule has 0 radical (unpaired) electrons. The number of rotatable bonds is 10. The minimum atomic E-state index is -0.730. The Hall–Kier alpha value is -1.85. The summed E-state index contributed by atoms with van der Waals surface area (Å²) >= 11 is 0. The zero-order chi connectivity index (χ0) is 14.8. The summed E-state index contributed by atoms with van der Waals surface area (Å²) in [5, 5.41) is 11.9. The lowest BCUT2D eigenvalue weighted by atomic mass is 9.97. The van der Waals surface area contributed by atoms with Gasteiger partial charge in [0.1, 0.15) is 5.82 Å². The van der Waals surface area contributed by atoms with Crippen LogP contribution in [0.25, 0.3) is 0 Å². The third-order valence-electron chi connectivity index (χ3n) is 3.11. The van der Waals surface area contributed by atoms with Crippen LogP contribution in [-0.4, -0.2) is 34.2 Å². The molecule has 0 spiro atoms. The van der Waals surface area contributed by atoms with E-state index < -0.39 is 5.97 Å². The number of hydrogen-bond acceptors (Lipinski definition) is 5. The highest BCUT2D eigenvalue weighted by molar-refractivity contribution is 5.66. The van der Waals surface area contributed by atoms with Crippen LogP contribution < -0.4 is 10.1 Å². The Morgan fingerprint density at radius 2 is 2.20 bits per heavy atom. The van der Waals surface area contributed by atoms with Gasteiger partial charge < -0.3 is 15.2 Å². The number of aliphatic carboxylic acids is 1. The van der Waals surface area contributed by atoms with Crippen LogP contribution >= 0.6 is 0 Å². The van der Waals surface area contributed by atoms with Crippen LogP contribution in [0.2, 0.25) is 0 Å². The van der Waals surface area contributed by atoms with E-state index in [4.69, 9.17) is 9.84 Å². The first-order chi connectivity index (χ1) is 9.65. The maximum atomic E-state index is 10.6. The average molecular weight is 281 g/mol. The zero-order valence-electron chi connectivity index (χ0n) is 12.1. The van der Waals surface area contributed by atoms with Gasteiger partial charge >= 0.3 is 5.97 Å². The van der Waals surface area contributed by atoms with Crippen LogP contribution in [0.4, 0.5) is 5.82 Å². The van der Waals surface area contributed by atoms with Crippen molar-refractivity contribution in [3.05, 3.63) is 12.4 Å². The van der Waals surface area contributed by atoms with Crippen molar-refractivity contribution in [2.24, 2.45) is 5.92 Å². The third-order valence-corrected chi connectivity index (χ3v) is 3.11. The molecule has 1 atom stereocenters. The molecule has 0 aliphatic heterocycles. The zero-order valence-corrected chi connectivity index (χ0v) is 12.1. The van der Waals surface area contributed by atoms with Crippen LogP contribution in [0.5, 0.6) is 5.88 Å². The van der Waals surface area contributed by atoms with Gasteiger partial charge in [0.2, 0.25) is 5.88 Å². The fraction of sp³-hybridized carbons (Fsp3) is 0.643. The Morgan fingerprint density at radius 3 is 2.85 bits per heavy atom. The monoisotopic (exact) mass is 281 g/mol. The van der Waals surface area contributed by atoms with Crippen molar-refractivity contribution < 1.29 is 14.6 Å². The fourth-order valence-corrected chi connectivity index (χ4v) is 1.94. The van der Waals surface area contributed by atoms with Crippen LogP contribution in [-0.2, 0) is 4.79 Å². The minimum absolute atomic E-state index is 0.234. The lowest BCUT2D eigenvalue weighted by molar-refractivity contribution is -0.137. The quantitative estimate of drug-likeness (QED) is 0.685. The topological polar surface area (TPSA) is 84.3 Å². The molecule has 0 bridgehead atoms. The predicted octanol–water partition coefficient (Wildman–Crippen LogP) is 2.57. The van der Waals surface area contributed by atoms with Crippen molar-refractivity contribution in [2.45, 2.75) is 39.5 Å². The Labute approximate surface area is 119 Å². The lowest BCUT2D eigenvalue weighted by Crippen LogP contribution is -2.11. The number of ether oxygens (including phenoxy) is 1. The molecule has 0 fully saturated rings. The van der Waals surface area contributed by atoms with E-state index in [0.29, 0.717) is 24.2 Å². The summed E-state index contributed by atoms with van der Waals surface area (Å²) in [7, 11) is 0. The SMILES string of the molecule is CCOc1cncc(NCCC(CC)CCC(=O)O)n1. The van der Waals surface area contributed by atoms with Crippen molar-refractivity contribution in [1.82, 2.24) is 9.97 Å². The van der Waals surface area contributed by atoms with E-state index >= 15 is 0 Å². The van der Waals surface area contributed by atoms with Crippen LogP contribution in [0.1, 0.15) is 39.5 Å². The highest BCUT2D eigenvalue weighted by Crippen LogP contribution is 2.16. The molecule has 2 N–H and O–H groups in total. The van der Waals surface area contributed by atoms with Gasteiger partial charge in [0, 0.05) is 13.0 Å². The molecule has 0 aromatic carbocycles. The number of anilines is 1. The Morgan fingerprint density at radius 1 is 1.40 bits per heavy atom. The van der Waals surface area contributed by atoms with Crippen molar-refractivity contribution in [3.63, 3.8) is 0 Å². The number of aromatic nitrogens is 2. The summed E-state index contributed by atoms with van der Waals surface area (Å²) in [5.74, 6) is 0.882. The second kappa shape index (κ2) is 9.12. The van der Waals surface area contributed by atoms with Crippen molar-refractivity contribution >= 4 is 11.8 Å². The fourth-order valence-electron chi connectivity index (χ4n) is 1.94. The molecule has 0 amide bonds. The summed E-state index contributed by atoms with van der Waals surface area (Å²) in [5.41, 5.74) is 0. The van der Waals surface area contributed by atoms with Gasteiger partial charge in [-0.25, -0.2) is 0 Å². The maximum Gasteiger partial charge on any atom is 0.303 e. The minimum Gasteiger partial charge on any atom is -0.481 e. The number of nitrogens with one attached hydrogen (secondary N) is 1. The molecule has 0 aliphatic rings. The molecule has 1 aromatic rings. The summed E-state index contributed by atoms with van der Waals surface area (Å²) in [4.78, 5) is 18.9. The lowest BCUT2D eigenvalue weighted by Gasteiger charge is -2.14. The molecule has 0 saturated carbocycles. The van der Waals surface area contributed by atoms with Crippen molar-refractivity contribution in [2.75, 3.05) is 18.5 Å². The predicted molar refractivity (Wildman–Crippen MR) is 77.0 cm³/mol. The largest absolute Gasteiger partial charge is 0.481 e. The van der Waals surface area contributed by atoms with E-state index in [0.717, 1.165) is 25.8 Å². The maximum absolute atomic E-state index is 10.6. The molecule has 1 heterocycles. The average Bonchev–Trinajstić information content (AvgIpc) is 2.43. The number of carboxylic acid groups (broad SMARTS) is 1. The van der Waals surface area contributed by atoms with E-state index in [9.17, 15) is 4.79 Å². The number of carbonyl (C=O) groups is 1. The van der Waals surface area contributed by atoms with Gasteiger partial charge in [0.05, 0.1) is 19.0 Å². The molecule has 0 saturated heterocycles. The van der Waals surface area contributed by atoms with Gasteiger partial charge in [0.25, 0.3) is 0 Å². The summed E-state index contributed by atoms with van der Waals surface area (Å²) in [6.45, 7) is 5.30. The Kier molecular flexibility index (Phi) is 7.39. The normalized spacial score (nSPS) is 11.9. The number of hydrogen-bond donors (Lipinski definition) is 2. The Bertz CT molecular complexity index is 412. The van der Waals surface area contributed by atoms with Gasteiger partial charge in [-0.05, 0) is 25.7 Å². The van der Waals surface area contributed by atoms with E-state index in [2.05, 4.69) is 22.2 Å². The number of carboxylic acids is 1. The molecular formula is C14H23N3O3. The van der Waals surface area contributed by atoms with Crippen LogP contribution in [0.3, 0.4) is 0 Å². The highest BCUT2D eigenvalue weighted by Gasteiger charge is 2.09. The van der Waals surface area contributed by atoms with Crippen molar-refractivity contribution in [1.29, 1.82) is 0 Å². The molecule has 6 nitrogen and oxygen atoms in total. The second-order valence-electron chi connectivity index (χ2n) is 4.60. The second-order valence-corrected chi connectivity index (χ2v) is 4.60. The molecule has 6 heteroatoms. The highest BCUT2D eigenvalue weighted by atomic mass is 16.5. The van der Waals surface area contributed by atoms with E-state index in [1.807, 2.05) is 6.92 Å². The van der Waals surface area contributed by atoms with Crippen molar-refractivity contribution in [3.8, 4) is 5.88 Å². The first kappa shape index (κ1) is 16.2. The van der Waals surface area contributed by atoms with E-state index in [1.165, 1.54) is 0 Å². The van der Waals surface area contributed by atoms with Gasteiger partial charge in [-0.15, -0.1) is 0 Å². The van der Waals surface area contributed by atoms with Crippen LogP contribution in [0, 0.1) is 5.92 Å². The van der Waals surface area contributed by atoms with Gasteiger partial charge in [0.15, 0.2) is 0 Å². The molecule has 112 valence electrons. The third kappa shape index (κ3) is 6.36. The molecular weight excluding hydrogens is 258 g/mol. The molecule has 1 unspecified atom stereocenters. The summed E-state index contributed by atoms with van der Waals surface area (Å²) < 4.78 is 5.28. The molecule has 1 rings (SSSR count). The van der Waals surface area contributed by atoms with Crippen LogP contribution in [0.15, 0.2) is 12.4 Å². The van der Waals surface area contributed by atoms with Gasteiger partial charge in [-0.1, -0.05) is 13.3 Å². The molecule has 1 aromatic heterocycles. The summed E-state index contributed by atoms with van der Waals surface area (Å²) in [6, 6.07) is 0. The van der Waals surface area contributed by atoms with Gasteiger partial charge in [-0.3, -0.25) is 9.78 Å². The standard InChI is InChI=1S/C14H23N3O3/c1-3-11(5-6-14(18)19)7-8-16-12-9-15-10-13(17-12)20-4-2/h9-11H,3-8H2,1-2H3,(H,16,17)(H,18,19). The molecule has 0 aliphatic carbocycles. The number of nitrogens with zero attached hydrogens (tertiary/aromatic N) is 2. The van der Waals surface area contributed by atoms with E-state index in [1.54, 1.807) is 12.4 Å². The first-order valence-electron chi connectivity index (χ1n) is 7.06. The van der Waals surface area contributed by atoms with Gasteiger partial charge in [-0.2, -0.15) is 4.98 Å². The first-order valence-corrected chi connectivity index (χ1v) is 7.06. The smallest absolute Gasteiger partial charge is 0.303 e. The van der Waals surface area contributed by atoms with E-state index in [-0.39, 0.29) is 6.42 Å². The Balaban J connectivity index is 2.34. The summed E-state index contributed by atoms with van der Waals surface area (Å²) in [6.07, 6.45) is 6.09.